The molecule has 0 aromatic heterocycles. The number of benzene rings is 1. The van der Waals surface area contributed by atoms with Gasteiger partial charge in [0.1, 0.15) is 5.56 Å². The van der Waals surface area contributed by atoms with Gasteiger partial charge in [0, 0.05) is 5.56 Å². The summed E-state index contributed by atoms with van der Waals surface area (Å²) < 4.78 is 0. The molecule has 0 fully saturated rings. The van der Waals surface area contributed by atoms with Gasteiger partial charge in [-0.1, -0.05) is 19.9 Å². The van der Waals surface area contributed by atoms with Gasteiger partial charge in [-0.3, -0.25) is 0 Å². The van der Waals surface area contributed by atoms with E-state index in [-0.39, 0.29) is 17.2 Å². The van der Waals surface area contributed by atoms with E-state index >= 15 is 0 Å². The largest absolute Gasteiger partial charge is 0.504 e. The van der Waals surface area contributed by atoms with Crippen molar-refractivity contribution in [2.45, 2.75) is 19.8 Å². The number of phenols is 2. The Hall–Kier alpha value is -1.71. The highest BCUT2D eigenvalue weighted by atomic mass is 16.4. The van der Waals surface area contributed by atoms with Crippen molar-refractivity contribution in [1.29, 1.82) is 0 Å². The smallest absolute Gasteiger partial charge is 0.339 e. The number of phenolic OH excluding ortho intramolecular Hbond substituents is 1. The molecule has 0 aliphatic carbocycles. The Balaban J connectivity index is 3.33. The number of aromatic hydroxyl groups is 2. The maximum absolute atomic E-state index is 10.6. The second-order valence-corrected chi connectivity index (χ2v) is 3.36. The number of carboxylic acids is 1. The summed E-state index contributed by atoms with van der Waals surface area (Å²) in [6, 6.07) is 2.79. The number of hydrogen-bond acceptors (Lipinski definition) is 3. The Bertz CT molecular complexity index is 369. The van der Waals surface area contributed by atoms with Gasteiger partial charge in [-0.15, -0.1) is 0 Å². The predicted molar refractivity (Wildman–Crippen MR) is 50.8 cm³/mol. The van der Waals surface area contributed by atoms with Crippen molar-refractivity contribution in [3.05, 3.63) is 23.3 Å². The molecule has 0 aliphatic rings. The van der Waals surface area contributed by atoms with Crippen molar-refractivity contribution in [2.24, 2.45) is 0 Å². The lowest BCUT2D eigenvalue weighted by Gasteiger charge is -2.10. The third-order valence-electron chi connectivity index (χ3n) is 2.03. The zero-order chi connectivity index (χ0) is 10.9. The molecule has 0 aliphatic heterocycles. The minimum Gasteiger partial charge on any atom is -0.504 e. The van der Waals surface area contributed by atoms with Crippen LogP contribution in [0.1, 0.15) is 35.7 Å². The lowest BCUT2D eigenvalue weighted by Crippen LogP contribution is -1.98. The molecule has 0 atom stereocenters. The summed E-state index contributed by atoms with van der Waals surface area (Å²) in [7, 11) is 0. The first kappa shape index (κ1) is 10.4. The summed E-state index contributed by atoms with van der Waals surface area (Å²) in [6.45, 7) is 3.68. The monoisotopic (exact) mass is 196 g/mol. The Morgan fingerprint density at radius 1 is 1.21 bits per heavy atom. The molecule has 0 bridgehead atoms. The maximum atomic E-state index is 10.6. The van der Waals surface area contributed by atoms with Crippen molar-refractivity contribution in [3.8, 4) is 11.5 Å². The van der Waals surface area contributed by atoms with Gasteiger partial charge >= 0.3 is 5.97 Å². The van der Waals surface area contributed by atoms with Crippen molar-refractivity contribution in [3.63, 3.8) is 0 Å². The van der Waals surface area contributed by atoms with E-state index in [9.17, 15) is 15.0 Å². The molecule has 0 saturated heterocycles. The zero-order valence-electron chi connectivity index (χ0n) is 7.98. The van der Waals surface area contributed by atoms with Crippen LogP contribution in [0.3, 0.4) is 0 Å². The highest BCUT2D eigenvalue weighted by molar-refractivity contribution is 5.92. The quantitative estimate of drug-likeness (QED) is 0.631. The molecule has 1 rings (SSSR count). The van der Waals surface area contributed by atoms with E-state index in [2.05, 4.69) is 0 Å². The standard InChI is InChI=1S/C10H12O4/c1-5(2)6-3-4-7(10(13)14)9(12)8(6)11/h3-5,11-12H,1-2H3,(H,13,14). The number of carboxylic acid groups (broad SMARTS) is 1. The summed E-state index contributed by atoms with van der Waals surface area (Å²) in [5.41, 5.74) is 0.249. The second-order valence-electron chi connectivity index (χ2n) is 3.36. The molecule has 4 nitrogen and oxygen atoms in total. The Morgan fingerprint density at radius 3 is 2.21 bits per heavy atom. The van der Waals surface area contributed by atoms with Gasteiger partial charge < -0.3 is 15.3 Å². The van der Waals surface area contributed by atoms with Crippen LogP contribution in [0.25, 0.3) is 0 Å². The van der Waals surface area contributed by atoms with Crippen LogP contribution in [0.2, 0.25) is 0 Å². The minimum atomic E-state index is -1.26. The molecular weight excluding hydrogens is 184 g/mol. The number of rotatable bonds is 2. The van der Waals surface area contributed by atoms with E-state index in [1.165, 1.54) is 12.1 Å². The summed E-state index contributed by atoms with van der Waals surface area (Å²) >= 11 is 0. The normalized spacial score (nSPS) is 10.5. The maximum Gasteiger partial charge on any atom is 0.339 e. The van der Waals surface area contributed by atoms with Crippen LogP contribution in [0, 0.1) is 0 Å². The van der Waals surface area contributed by atoms with E-state index in [1.807, 2.05) is 13.8 Å². The molecule has 3 N–H and O–H groups in total. The summed E-state index contributed by atoms with van der Waals surface area (Å²) in [6.07, 6.45) is 0. The second kappa shape index (κ2) is 3.57. The topological polar surface area (TPSA) is 77.8 Å². The predicted octanol–water partition coefficient (Wildman–Crippen LogP) is 1.92. The lowest BCUT2D eigenvalue weighted by molar-refractivity contribution is 0.0693. The summed E-state index contributed by atoms with van der Waals surface area (Å²) in [5, 5.41) is 27.5. The number of carbonyl (C=O) groups is 1. The van der Waals surface area contributed by atoms with Crippen LogP contribution >= 0.6 is 0 Å². The molecule has 0 saturated carbocycles. The van der Waals surface area contributed by atoms with E-state index in [4.69, 9.17) is 5.11 Å². The van der Waals surface area contributed by atoms with Crippen LogP contribution < -0.4 is 0 Å². The first-order valence-corrected chi connectivity index (χ1v) is 4.23. The fourth-order valence-corrected chi connectivity index (χ4v) is 1.23. The first-order chi connectivity index (χ1) is 6.45. The lowest BCUT2D eigenvalue weighted by atomic mass is 9.99. The van der Waals surface area contributed by atoms with E-state index < -0.39 is 11.7 Å². The van der Waals surface area contributed by atoms with Crippen LogP contribution in [0.4, 0.5) is 0 Å². The average Bonchev–Trinajstić information content (AvgIpc) is 2.08. The fraction of sp³-hybridized carbons (Fsp3) is 0.300. The molecule has 4 heteroatoms. The summed E-state index contributed by atoms with van der Waals surface area (Å²) in [4.78, 5) is 10.6. The Kier molecular flexibility index (Phi) is 2.65. The van der Waals surface area contributed by atoms with Gasteiger partial charge in [-0.05, 0) is 12.0 Å². The molecule has 76 valence electrons. The molecule has 1 aromatic carbocycles. The minimum absolute atomic E-state index is 0.0312. The molecule has 0 heterocycles. The highest BCUT2D eigenvalue weighted by Gasteiger charge is 2.17. The van der Waals surface area contributed by atoms with Gasteiger partial charge in [-0.25, -0.2) is 4.79 Å². The third-order valence-corrected chi connectivity index (χ3v) is 2.03. The van der Waals surface area contributed by atoms with E-state index in [0.29, 0.717) is 5.56 Å². The Morgan fingerprint density at radius 2 is 1.79 bits per heavy atom. The molecular formula is C10H12O4. The Labute approximate surface area is 81.4 Å². The van der Waals surface area contributed by atoms with E-state index in [0.717, 1.165) is 0 Å². The first-order valence-electron chi connectivity index (χ1n) is 4.23. The van der Waals surface area contributed by atoms with Crippen molar-refractivity contribution < 1.29 is 20.1 Å². The average molecular weight is 196 g/mol. The van der Waals surface area contributed by atoms with Gasteiger partial charge in [0.25, 0.3) is 0 Å². The molecule has 0 amide bonds. The molecule has 0 spiro atoms. The van der Waals surface area contributed by atoms with Crippen LogP contribution in [0.5, 0.6) is 11.5 Å². The van der Waals surface area contributed by atoms with Gasteiger partial charge in [0.15, 0.2) is 11.5 Å². The molecule has 0 unspecified atom stereocenters. The van der Waals surface area contributed by atoms with Crippen molar-refractivity contribution in [2.75, 3.05) is 0 Å². The van der Waals surface area contributed by atoms with Gasteiger partial charge in [0.2, 0.25) is 0 Å². The van der Waals surface area contributed by atoms with Gasteiger partial charge in [0.05, 0.1) is 0 Å². The number of hydrogen-bond donors (Lipinski definition) is 3. The number of aromatic carboxylic acids is 1. The SMILES string of the molecule is CC(C)c1ccc(C(=O)O)c(O)c1O. The fourth-order valence-electron chi connectivity index (χ4n) is 1.23. The van der Waals surface area contributed by atoms with Crippen molar-refractivity contribution >= 4 is 5.97 Å². The molecule has 1 aromatic rings. The van der Waals surface area contributed by atoms with Crippen LogP contribution in [0.15, 0.2) is 12.1 Å². The third kappa shape index (κ3) is 1.64. The molecule has 0 radical (unpaired) electrons. The van der Waals surface area contributed by atoms with Gasteiger partial charge in [-0.2, -0.15) is 0 Å². The highest BCUT2D eigenvalue weighted by Crippen LogP contribution is 2.36. The van der Waals surface area contributed by atoms with Crippen LogP contribution in [-0.4, -0.2) is 21.3 Å². The summed E-state index contributed by atoms with van der Waals surface area (Å²) in [5.74, 6) is -2.14. The van der Waals surface area contributed by atoms with Crippen LogP contribution in [-0.2, 0) is 0 Å². The molecule has 14 heavy (non-hydrogen) atoms. The van der Waals surface area contributed by atoms with E-state index in [1.54, 1.807) is 0 Å². The van der Waals surface area contributed by atoms with Crippen molar-refractivity contribution in [1.82, 2.24) is 0 Å². The zero-order valence-corrected chi connectivity index (χ0v) is 7.98.